The number of anilines is 3. The number of hydrogen-bond acceptors (Lipinski definition) is 6. The molecule has 0 radical (unpaired) electrons. The Bertz CT molecular complexity index is 1510. The van der Waals surface area contributed by atoms with Gasteiger partial charge in [-0.05, 0) is 36.8 Å². The number of rotatable bonds is 5. The van der Waals surface area contributed by atoms with Crippen molar-refractivity contribution in [2.45, 2.75) is 19.3 Å². The number of nitrogens with zero attached hydrogens (tertiary/aromatic N) is 5. The van der Waals surface area contributed by atoms with E-state index in [9.17, 15) is 22.0 Å². The molecule has 3 aromatic rings. The summed E-state index contributed by atoms with van der Waals surface area (Å²) >= 11 is 0. The van der Waals surface area contributed by atoms with Crippen molar-refractivity contribution in [3.8, 4) is 11.3 Å². The molecular formula is C25H27ClF2N6O4S. The van der Waals surface area contributed by atoms with Crippen LogP contribution in [0.5, 0.6) is 0 Å². The smallest absolute Gasteiger partial charge is 0.326 e. The molecule has 1 amide bonds. The van der Waals surface area contributed by atoms with Crippen LogP contribution in [0.3, 0.4) is 0 Å². The predicted molar refractivity (Wildman–Crippen MR) is 136 cm³/mol. The van der Waals surface area contributed by atoms with Crippen LogP contribution in [0.25, 0.3) is 11.3 Å². The van der Waals surface area contributed by atoms with Crippen LogP contribution in [-0.2, 0) is 10.2 Å². The van der Waals surface area contributed by atoms with Crippen molar-refractivity contribution in [1.82, 2.24) is 10.1 Å². The molecule has 10 nitrogen and oxygen atoms in total. The molecular weight excluding hydrogens is 554 g/mol. The number of piperazine rings is 1. The molecule has 14 heteroatoms. The molecule has 1 aliphatic carbocycles. The highest BCUT2D eigenvalue weighted by atomic mass is 35.5. The van der Waals surface area contributed by atoms with E-state index in [1.54, 1.807) is 23.1 Å². The lowest BCUT2D eigenvalue weighted by atomic mass is 10.0. The number of carbonyl (C=O) groups excluding carboxylic acids is 1. The number of H-pyrrole nitrogens is 1. The van der Waals surface area contributed by atoms with Crippen LogP contribution in [0.15, 0.2) is 47.2 Å². The van der Waals surface area contributed by atoms with Gasteiger partial charge in [0.15, 0.2) is 5.69 Å². The summed E-state index contributed by atoms with van der Waals surface area (Å²) in [6.45, 7) is 4.01. The normalized spacial score (nSPS) is 21.0. The van der Waals surface area contributed by atoms with Crippen LogP contribution in [0, 0.1) is 12.8 Å². The molecule has 39 heavy (non-hydrogen) atoms. The Balaban J connectivity index is 0.00000308. The van der Waals surface area contributed by atoms with E-state index in [1.165, 1.54) is 13.3 Å². The van der Waals surface area contributed by atoms with Crippen molar-refractivity contribution in [1.29, 1.82) is 0 Å². The molecule has 1 saturated heterocycles. The monoisotopic (exact) mass is 580 g/mol. The first-order valence-corrected chi connectivity index (χ1v) is 13.7. The van der Waals surface area contributed by atoms with Gasteiger partial charge in [0.25, 0.3) is 17.6 Å². The summed E-state index contributed by atoms with van der Waals surface area (Å²) in [7, 11) is -2.48. The number of benzene rings is 1. The minimum atomic E-state index is -3.92. The lowest BCUT2D eigenvalue weighted by Gasteiger charge is -2.30. The maximum Gasteiger partial charge on any atom is 0.326 e. The van der Waals surface area contributed by atoms with Gasteiger partial charge in [0, 0.05) is 43.6 Å². The van der Waals surface area contributed by atoms with E-state index in [-0.39, 0.29) is 37.0 Å². The van der Waals surface area contributed by atoms with E-state index < -0.39 is 22.0 Å². The number of aryl methyl sites for hydroxylation is 1. The Hall–Kier alpha value is -3.45. The summed E-state index contributed by atoms with van der Waals surface area (Å²) in [5, 5.41) is 3.73. The highest BCUT2D eigenvalue weighted by Crippen LogP contribution is 2.51. The van der Waals surface area contributed by atoms with Crippen LogP contribution < -0.4 is 30.9 Å². The summed E-state index contributed by atoms with van der Waals surface area (Å²) in [5.74, 6) is -3.06. The summed E-state index contributed by atoms with van der Waals surface area (Å²) in [5.41, 5.74) is 3.71. The van der Waals surface area contributed by atoms with Gasteiger partial charge in [-0.3, -0.25) is 18.3 Å². The molecule has 0 bridgehead atoms. The first-order valence-electron chi connectivity index (χ1n) is 12.3. The van der Waals surface area contributed by atoms with Crippen LogP contribution in [-0.4, -0.2) is 70.1 Å². The van der Waals surface area contributed by atoms with E-state index >= 15 is 0 Å². The Morgan fingerprint density at radius 1 is 1.13 bits per heavy atom. The maximum absolute atomic E-state index is 13.6. The van der Waals surface area contributed by atoms with Gasteiger partial charge in [-0.15, -0.1) is 0 Å². The zero-order valence-corrected chi connectivity index (χ0v) is 22.8. The number of hydrogen-bond donors (Lipinski definition) is 0. The van der Waals surface area contributed by atoms with Crippen molar-refractivity contribution < 1.29 is 43.9 Å². The molecule has 0 spiro atoms. The number of alkyl halides is 2. The standard InChI is InChI=1S/C25H26F2N6O4S.ClH/c1-16-3-6-22(31-8-10-32(11-9-31)24(34)19-7-12-37-29-19)28-23(16)17-4-5-20-21(13-17)30(2)38(35,36)33(20)15-18-14-25(18,26)27;/h3-7,12-13,18H,8-11,14-15H2,1-2H3;1H. The van der Waals surface area contributed by atoms with Gasteiger partial charge in [-0.2, -0.15) is 8.42 Å². The predicted octanol–water partition coefficient (Wildman–Crippen LogP) is -0.413. The minimum Gasteiger partial charge on any atom is -1.00 e. The Kier molecular flexibility index (Phi) is 6.70. The number of aromatic amines is 1. The average Bonchev–Trinajstić information content (AvgIpc) is 3.22. The molecule has 208 valence electrons. The molecule has 4 heterocycles. The SMILES string of the molecule is Cc1ccc(N2CCN(C(=O)c3ccon3)CC2)[nH+]c1-c1ccc2c(c1)N(C)S(=O)(=O)N2CC1CC1(F)F.[Cl-]. The number of amides is 1. The molecule has 1 atom stereocenters. The number of aromatic nitrogens is 2. The second-order valence-corrected chi connectivity index (χ2v) is 11.8. The van der Waals surface area contributed by atoms with Gasteiger partial charge in [0.2, 0.25) is 0 Å². The molecule has 2 aromatic heterocycles. The topological polar surface area (TPSA) is 104 Å². The summed E-state index contributed by atoms with van der Waals surface area (Å²) < 4.78 is 60.1. The molecule has 2 fully saturated rings. The molecule has 6 rings (SSSR count). The van der Waals surface area contributed by atoms with Crippen molar-refractivity contribution in [3.05, 3.63) is 53.9 Å². The van der Waals surface area contributed by atoms with Crippen LogP contribution in [0.2, 0.25) is 0 Å². The van der Waals surface area contributed by atoms with E-state index in [1.807, 2.05) is 25.1 Å². The van der Waals surface area contributed by atoms with Crippen LogP contribution in [0.4, 0.5) is 26.0 Å². The van der Waals surface area contributed by atoms with Crippen LogP contribution >= 0.6 is 0 Å². The second-order valence-electron chi connectivity index (χ2n) is 9.94. The summed E-state index contributed by atoms with van der Waals surface area (Å²) in [4.78, 5) is 19.9. The lowest BCUT2D eigenvalue weighted by molar-refractivity contribution is -0.351. The van der Waals surface area contributed by atoms with E-state index in [0.717, 1.165) is 31.2 Å². The molecule has 2 aliphatic heterocycles. The molecule has 3 aliphatic rings. The van der Waals surface area contributed by atoms with Gasteiger partial charge in [0.05, 0.1) is 24.5 Å². The fourth-order valence-corrected chi connectivity index (χ4v) is 6.54. The van der Waals surface area contributed by atoms with Crippen LogP contribution in [0.1, 0.15) is 22.5 Å². The van der Waals surface area contributed by atoms with Gasteiger partial charge in [0.1, 0.15) is 25.0 Å². The third-order valence-corrected chi connectivity index (χ3v) is 9.33. The van der Waals surface area contributed by atoms with E-state index in [4.69, 9.17) is 4.52 Å². The zero-order valence-electron chi connectivity index (χ0n) is 21.3. The number of carbonyl (C=O) groups is 1. The summed E-state index contributed by atoms with van der Waals surface area (Å²) in [6.07, 6.45) is 1.08. The molecule has 1 aromatic carbocycles. The average molecular weight is 581 g/mol. The van der Waals surface area contributed by atoms with Gasteiger partial charge >= 0.3 is 10.2 Å². The number of fused-ring (bicyclic) bond motifs is 1. The van der Waals surface area contributed by atoms with Gasteiger partial charge in [-0.25, -0.2) is 13.8 Å². The highest BCUT2D eigenvalue weighted by molar-refractivity contribution is 7.94. The van der Waals surface area contributed by atoms with E-state index in [2.05, 4.69) is 15.0 Å². The zero-order chi connectivity index (χ0) is 26.8. The highest BCUT2D eigenvalue weighted by Gasteiger charge is 2.59. The molecule has 1 unspecified atom stereocenters. The summed E-state index contributed by atoms with van der Waals surface area (Å²) in [6, 6.07) is 10.8. The van der Waals surface area contributed by atoms with E-state index in [0.29, 0.717) is 37.6 Å². The van der Waals surface area contributed by atoms with Crippen molar-refractivity contribution in [2.24, 2.45) is 5.92 Å². The van der Waals surface area contributed by atoms with Crippen molar-refractivity contribution in [2.75, 3.05) is 53.3 Å². The first kappa shape index (κ1) is 27.1. The third-order valence-electron chi connectivity index (χ3n) is 7.54. The molecule has 1 saturated carbocycles. The Morgan fingerprint density at radius 2 is 1.85 bits per heavy atom. The third kappa shape index (κ3) is 4.67. The fourth-order valence-electron chi connectivity index (χ4n) is 5.07. The largest absolute Gasteiger partial charge is 1.00 e. The Morgan fingerprint density at radius 3 is 2.49 bits per heavy atom. The van der Waals surface area contributed by atoms with Crippen molar-refractivity contribution in [3.63, 3.8) is 0 Å². The maximum atomic E-state index is 13.6. The first-order chi connectivity index (χ1) is 18.1. The second kappa shape index (κ2) is 9.63. The van der Waals surface area contributed by atoms with Crippen molar-refractivity contribution >= 4 is 33.3 Å². The molecule has 1 N–H and O–H groups in total. The number of halogens is 3. The lowest BCUT2D eigenvalue weighted by Crippen LogP contribution is -3.00. The quantitative estimate of drug-likeness (QED) is 0.406. The Labute approximate surface area is 230 Å². The number of pyridine rings is 1. The minimum absolute atomic E-state index is 0. The van der Waals surface area contributed by atoms with Gasteiger partial charge < -0.3 is 21.8 Å². The van der Waals surface area contributed by atoms with Gasteiger partial charge in [-0.1, -0.05) is 5.16 Å². The fraction of sp³-hybridized carbons (Fsp3) is 0.400. The number of nitrogens with one attached hydrogen (secondary N) is 1.